The van der Waals surface area contributed by atoms with E-state index in [0.717, 1.165) is 67.1 Å². The summed E-state index contributed by atoms with van der Waals surface area (Å²) in [6.45, 7) is 10.5. The van der Waals surface area contributed by atoms with Crippen molar-refractivity contribution in [3.8, 4) is 22.3 Å². The molecular weight excluding hydrogens is 751 g/mol. The first-order valence-electron chi connectivity index (χ1n) is 21.0. The average Bonchev–Trinajstić information content (AvgIpc) is 3.80. The maximum absolute atomic E-state index is 5.45. The second kappa shape index (κ2) is 16.2. The minimum Gasteiger partial charge on any atom is -0.248 e. The van der Waals surface area contributed by atoms with E-state index in [1.165, 1.54) is 27.8 Å². The fourth-order valence-corrected chi connectivity index (χ4v) is 9.28. The number of hydrogen-bond acceptors (Lipinski definition) is 2. The van der Waals surface area contributed by atoms with Crippen molar-refractivity contribution in [1.82, 2.24) is 0 Å². The highest BCUT2D eigenvalue weighted by atomic mass is 14.9. The van der Waals surface area contributed by atoms with Gasteiger partial charge in [0.05, 0.1) is 22.5 Å². The van der Waals surface area contributed by atoms with Crippen molar-refractivity contribution >= 4 is 40.8 Å². The van der Waals surface area contributed by atoms with Gasteiger partial charge < -0.3 is 0 Å². The van der Waals surface area contributed by atoms with Crippen LogP contribution in [0.5, 0.6) is 0 Å². The Hall–Kier alpha value is -8.01. The second-order valence-corrected chi connectivity index (χ2v) is 15.7. The van der Waals surface area contributed by atoms with Gasteiger partial charge in [-0.05, 0) is 80.9 Å². The van der Waals surface area contributed by atoms with Crippen LogP contribution in [0.25, 0.3) is 44.8 Å². The first kappa shape index (κ1) is 38.2. The van der Waals surface area contributed by atoms with Gasteiger partial charge in [-0.2, -0.15) is 0 Å². The van der Waals surface area contributed by atoms with Crippen molar-refractivity contribution in [1.29, 1.82) is 0 Å². The molecule has 3 nitrogen and oxygen atoms in total. The Bertz CT molecular complexity index is 3070. The van der Waals surface area contributed by atoms with Crippen molar-refractivity contribution in [2.24, 2.45) is 15.0 Å². The zero-order valence-corrected chi connectivity index (χ0v) is 34.5. The van der Waals surface area contributed by atoms with E-state index in [1.54, 1.807) is 0 Å². The SMILES string of the molecule is C=N/C(=N\C1=C(c2ccc(-c3ccc(C(=C)/N=C(\C=C(/C)c4ccccc4)c4ccccc4)cc3)cc2)C2(c3ccccc31)c1ccccc1-c1ccccc12)c1ccccc1. The molecule has 0 heterocycles. The van der Waals surface area contributed by atoms with E-state index in [-0.39, 0.29) is 0 Å². The van der Waals surface area contributed by atoms with Crippen LogP contribution >= 0.6 is 0 Å². The summed E-state index contributed by atoms with van der Waals surface area (Å²) in [6, 6.07) is 74.7. The van der Waals surface area contributed by atoms with Crippen LogP contribution in [0.15, 0.2) is 240 Å². The molecule has 0 saturated carbocycles. The molecule has 0 atom stereocenters. The number of hydrogen-bond donors (Lipinski definition) is 0. The van der Waals surface area contributed by atoms with Crippen LogP contribution in [0.2, 0.25) is 0 Å². The molecular formula is C59H43N3. The minimum absolute atomic E-state index is 0.588. The maximum Gasteiger partial charge on any atom is 0.159 e. The van der Waals surface area contributed by atoms with Gasteiger partial charge in [0.2, 0.25) is 0 Å². The van der Waals surface area contributed by atoms with Crippen LogP contribution in [-0.2, 0) is 5.41 Å². The molecule has 0 aromatic heterocycles. The van der Waals surface area contributed by atoms with Crippen LogP contribution < -0.4 is 0 Å². The molecule has 0 amide bonds. The van der Waals surface area contributed by atoms with Crippen LogP contribution in [0.4, 0.5) is 0 Å². The quantitative estimate of drug-likeness (QED) is 0.103. The lowest BCUT2D eigenvalue weighted by Crippen LogP contribution is -2.26. The Balaban J connectivity index is 1.06. The van der Waals surface area contributed by atoms with E-state index in [0.29, 0.717) is 11.5 Å². The summed E-state index contributed by atoms with van der Waals surface area (Å²) in [5.41, 5.74) is 18.9. The molecule has 0 bridgehead atoms. The second-order valence-electron chi connectivity index (χ2n) is 15.7. The highest BCUT2D eigenvalue weighted by Crippen LogP contribution is 2.64. The normalized spacial score (nSPS) is 14.0. The molecule has 0 saturated heterocycles. The monoisotopic (exact) mass is 793 g/mol. The Morgan fingerprint density at radius 1 is 0.452 bits per heavy atom. The van der Waals surface area contributed by atoms with Gasteiger partial charge >= 0.3 is 0 Å². The molecule has 294 valence electrons. The predicted octanol–water partition coefficient (Wildman–Crippen LogP) is 14.3. The lowest BCUT2D eigenvalue weighted by molar-refractivity contribution is 0.842. The van der Waals surface area contributed by atoms with Gasteiger partial charge in [0.25, 0.3) is 0 Å². The van der Waals surface area contributed by atoms with Gasteiger partial charge in [-0.25, -0.2) is 15.0 Å². The third-order valence-corrected chi connectivity index (χ3v) is 12.2. The van der Waals surface area contributed by atoms with Gasteiger partial charge in [0, 0.05) is 22.3 Å². The molecule has 2 aliphatic carbocycles. The molecule has 2 aliphatic rings. The van der Waals surface area contributed by atoms with E-state index < -0.39 is 5.41 Å². The molecule has 0 N–H and O–H groups in total. The number of benzene rings is 8. The van der Waals surface area contributed by atoms with Gasteiger partial charge in [-0.15, -0.1) is 0 Å². The first-order valence-corrected chi connectivity index (χ1v) is 21.0. The first-order chi connectivity index (χ1) is 30.5. The van der Waals surface area contributed by atoms with Gasteiger partial charge in [-0.1, -0.05) is 219 Å². The number of amidine groups is 1. The van der Waals surface area contributed by atoms with Gasteiger partial charge in [0.15, 0.2) is 5.84 Å². The van der Waals surface area contributed by atoms with E-state index in [1.807, 2.05) is 54.6 Å². The highest BCUT2D eigenvalue weighted by Gasteiger charge is 2.53. The molecule has 8 aromatic rings. The van der Waals surface area contributed by atoms with E-state index >= 15 is 0 Å². The standard InChI is InChI=1S/C59H43N3/c1-40(42-19-7-4-8-20-42)39-55(46-21-9-5-10-22-46)61-41(2)43-31-33-44(34-32-43)45-35-37-47(38-36-45)56-57(62-58(60-3)48-23-11-6-12-24-48)51-27-15-18-30-54(51)59(56)52-28-16-13-25-49(52)50-26-14-17-29-53(50)59/h4-39H,2-3H2,1H3/b40-39+,61-55+,62-58-. The molecule has 0 unspecified atom stereocenters. The van der Waals surface area contributed by atoms with Crippen molar-refractivity contribution in [2.75, 3.05) is 0 Å². The van der Waals surface area contributed by atoms with Crippen molar-refractivity contribution in [3.63, 3.8) is 0 Å². The Morgan fingerprint density at radius 3 is 1.44 bits per heavy atom. The van der Waals surface area contributed by atoms with Crippen molar-refractivity contribution < 1.29 is 0 Å². The molecule has 0 fully saturated rings. The number of aliphatic imine (C=N–C) groups is 3. The lowest BCUT2D eigenvalue weighted by atomic mass is 9.68. The number of fused-ring (bicyclic) bond motifs is 7. The number of allylic oxidation sites excluding steroid dienone is 3. The summed E-state index contributed by atoms with van der Waals surface area (Å²) >= 11 is 0. The Kier molecular flexibility index (Phi) is 9.99. The van der Waals surface area contributed by atoms with E-state index in [4.69, 9.17) is 9.98 Å². The van der Waals surface area contributed by atoms with Crippen LogP contribution in [0, 0.1) is 0 Å². The van der Waals surface area contributed by atoms with E-state index in [9.17, 15) is 0 Å². The third-order valence-electron chi connectivity index (χ3n) is 12.2. The fourth-order valence-electron chi connectivity index (χ4n) is 9.28. The predicted molar refractivity (Wildman–Crippen MR) is 262 cm³/mol. The molecule has 0 aliphatic heterocycles. The van der Waals surface area contributed by atoms with E-state index in [2.05, 4.69) is 189 Å². The maximum atomic E-state index is 5.45. The summed E-state index contributed by atoms with van der Waals surface area (Å²) in [5, 5.41) is 0. The summed E-state index contributed by atoms with van der Waals surface area (Å²) in [7, 11) is 0. The zero-order valence-electron chi connectivity index (χ0n) is 34.5. The van der Waals surface area contributed by atoms with Crippen molar-refractivity contribution in [3.05, 3.63) is 275 Å². The van der Waals surface area contributed by atoms with Crippen molar-refractivity contribution in [2.45, 2.75) is 12.3 Å². The topological polar surface area (TPSA) is 37.1 Å². The number of nitrogens with zero attached hydrogens (tertiary/aromatic N) is 3. The summed E-state index contributed by atoms with van der Waals surface area (Å²) in [5.74, 6) is 0.588. The Morgan fingerprint density at radius 2 is 0.887 bits per heavy atom. The van der Waals surface area contributed by atoms with Crippen LogP contribution in [0.1, 0.15) is 57.0 Å². The third kappa shape index (κ3) is 6.61. The van der Waals surface area contributed by atoms with Gasteiger partial charge in [-0.3, -0.25) is 0 Å². The summed E-state index contributed by atoms with van der Waals surface area (Å²) in [6.07, 6.45) is 2.14. The molecule has 62 heavy (non-hydrogen) atoms. The summed E-state index contributed by atoms with van der Waals surface area (Å²) in [4.78, 5) is 15.1. The fraction of sp³-hybridized carbons (Fsp3) is 0.0339. The summed E-state index contributed by atoms with van der Waals surface area (Å²) < 4.78 is 0. The Labute approximate surface area is 363 Å². The zero-order chi connectivity index (χ0) is 42.0. The molecule has 1 spiro atoms. The molecule has 0 radical (unpaired) electrons. The van der Waals surface area contributed by atoms with Crippen LogP contribution in [0.3, 0.4) is 0 Å². The largest absolute Gasteiger partial charge is 0.248 e. The van der Waals surface area contributed by atoms with Crippen LogP contribution in [-0.4, -0.2) is 18.3 Å². The lowest BCUT2D eigenvalue weighted by Gasteiger charge is -2.32. The average molecular weight is 794 g/mol. The molecule has 8 aromatic carbocycles. The number of rotatable bonds is 9. The molecule has 3 heteroatoms. The minimum atomic E-state index is -0.594. The highest BCUT2D eigenvalue weighted by molar-refractivity contribution is 6.15. The molecule has 10 rings (SSSR count). The smallest absolute Gasteiger partial charge is 0.159 e. The van der Waals surface area contributed by atoms with Gasteiger partial charge in [0.1, 0.15) is 0 Å².